The number of fused-ring (bicyclic) bond motifs is 3. The van der Waals surface area contributed by atoms with E-state index >= 15 is 0 Å². The molecule has 0 fully saturated rings. The van der Waals surface area contributed by atoms with Gasteiger partial charge in [0.15, 0.2) is 0 Å². The van der Waals surface area contributed by atoms with Gasteiger partial charge in [-0.15, -0.1) is 0 Å². The lowest BCUT2D eigenvalue weighted by Gasteiger charge is -2.17. The van der Waals surface area contributed by atoms with Gasteiger partial charge in [-0.25, -0.2) is 0 Å². The maximum absolute atomic E-state index is 6.44. The predicted octanol–water partition coefficient (Wildman–Crippen LogP) is 2.96. The van der Waals surface area contributed by atoms with E-state index in [0.29, 0.717) is 0 Å². The van der Waals surface area contributed by atoms with Crippen LogP contribution in [-0.4, -0.2) is 11.1 Å². The Bertz CT molecular complexity index is 542. The van der Waals surface area contributed by atoms with Crippen molar-refractivity contribution in [1.29, 1.82) is 0 Å². The van der Waals surface area contributed by atoms with Crippen LogP contribution < -0.4 is 5.32 Å². The fourth-order valence-electron chi connectivity index (χ4n) is 2.46. The minimum atomic E-state index is 0.884. The summed E-state index contributed by atoms with van der Waals surface area (Å²) in [5.74, 6) is 0. The molecular formula is C13H15ClN2. The fraction of sp³-hybridized carbons (Fsp3) is 0.385. The molecule has 3 heteroatoms. The zero-order chi connectivity index (χ0) is 11.1. The largest absolute Gasteiger partial charge is 0.341 e. The second-order valence-electron chi connectivity index (χ2n) is 4.29. The smallest absolute Gasteiger partial charge is 0.0707 e. The average Bonchev–Trinajstić information content (AvgIpc) is 2.64. The van der Waals surface area contributed by atoms with E-state index in [2.05, 4.69) is 35.0 Å². The molecule has 0 saturated carbocycles. The molecule has 3 rings (SSSR count). The van der Waals surface area contributed by atoms with Crippen molar-refractivity contribution in [2.24, 2.45) is 0 Å². The Hall–Kier alpha value is -0.990. The van der Waals surface area contributed by atoms with Crippen molar-refractivity contribution in [2.45, 2.75) is 26.4 Å². The third kappa shape index (κ3) is 1.37. The van der Waals surface area contributed by atoms with Gasteiger partial charge in [0, 0.05) is 30.5 Å². The molecule has 0 atom stereocenters. The number of aromatic nitrogens is 1. The predicted molar refractivity (Wildman–Crippen MR) is 68.0 cm³/mol. The number of aryl methyl sites for hydroxylation is 1. The maximum Gasteiger partial charge on any atom is 0.0707 e. The molecule has 1 N–H and O–H groups in total. The summed E-state index contributed by atoms with van der Waals surface area (Å²) < 4.78 is 2.34. The molecule has 1 aliphatic rings. The summed E-state index contributed by atoms with van der Waals surface area (Å²) in [5.41, 5.74) is 3.86. The molecule has 2 nitrogen and oxygen atoms in total. The highest BCUT2D eigenvalue weighted by molar-refractivity contribution is 6.36. The Morgan fingerprint density at radius 1 is 1.44 bits per heavy atom. The second kappa shape index (κ2) is 3.79. The molecule has 0 spiro atoms. The number of hydrogen-bond donors (Lipinski definition) is 1. The molecule has 16 heavy (non-hydrogen) atoms. The van der Waals surface area contributed by atoms with Gasteiger partial charge in [-0.3, -0.25) is 0 Å². The van der Waals surface area contributed by atoms with Gasteiger partial charge in [0.2, 0.25) is 0 Å². The zero-order valence-corrected chi connectivity index (χ0v) is 10.1. The maximum atomic E-state index is 6.44. The minimum Gasteiger partial charge on any atom is -0.341 e. The summed E-state index contributed by atoms with van der Waals surface area (Å²) >= 11 is 6.44. The highest BCUT2D eigenvalue weighted by Crippen LogP contribution is 2.32. The second-order valence-corrected chi connectivity index (χ2v) is 4.67. The van der Waals surface area contributed by atoms with Crippen LogP contribution in [0.2, 0.25) is 5.02 Å². The Kier molecular flexibility index (Phi) is 2.41. The molecule has 0 saturated heterocycles. The molecular weight excluding hydrogens is 220 g/mol. The lowest BCUT2D eigenvalue weighted by molar-refractivity contribution is 0.527. The van der Waals surface area contributed by atoms with Gasteiger partial charge in [-0.05, 0) is 24.1 Å². The van der Waals surface area contributed by atoms with E-state index in [1.165, 1.54) is 22.2 Å². The zero-order valence-electron chi connectivity index (χ0n) is 9.39. The van der Waals surface area contributed by atoms with Crippen LogP contribution in [0.25, 0.3) is 10.9 Å². The van der Waals surface area contributed by atoms with E-state index in [1.807, 2.05) is 0 Å². The Balaban J connectivity index is 2.30. The molecule has 0 unspecified atom stereocenters. The standard InChI is InChI=1S/C13H15ClN2/c1-2-9-3-4-11-10(7-9)13(14)12-8-15-5-6-16(11)12/h3-4,7,15H,2,5-6,8H2,1H3. The highest BCUT2D eigenvalue weighted by Gasteiger charge is 2.17. The number of nitrogens with zero attached hydrogens (tertiary/aromatic N) is 1. The van der Waals surface area contributed by atoms with Crippen molar-refractivity contribution in [2.75, 3.05) is 6.54 Å². The topological polar surface area (TPSA) is 17.0 Å². The number of benzene rings is 1. The van der Waals surface area contributed by atoms with Crippen LogP contribution in [0.1, 0.15) is 18.2 Å². The van der Waals surface area contributed by atoms with Crippen LogP contribution >= 0.6 is 11.6 Å². The molecule has 0 aliphatic carbocycles. The first-order valence-electron chi connectivity index (χ1n) is 5.81. The summed E-state index contributed by atoms with van der Waals surface area (Å²) in [6.45, 7) is 5.11. The monoisotopic (exact) mass is 234 g/mol. The first kappa shape index (κ1) is 10.2. The van der Waals surface area contributed by atoms with Crippen molar-refractivity contribution < 1.29 is 0 Å². The first-order valence-corrected chi connectivity index (χ1v) is 6.19. The normalized spacial score (nSPS) is 15.4. The SMILES string of the molecule is CCc1ccc2c(c1)c(Cl)c1n2CCNC1. The first-order chi connectivity index (χ1) is 7.81. The lowest BCUT2D eigenvalue weighted by Crippen LogP contribution is -2.27. The molecule has 1 aromatic carbocycles. The van der Waals surface area contributed by atoms with Crippen molar-refractivity contribution in [1.82, 2.24) is 9.88 Å². The number of hydrogen-bond acceptors (Lipinski definition) is 1. The van der Waals surface area contributed by atoms with E-state index in [1.54, 1.807) is 0 Å². The highest BCUT2D eigenvalue weighted by atomic mass is 35.5. The molecule has 1 aromatic heterocycles. The summed E-state index contributed by atoms with van der Waals surface area (Å²) in [6, 6.07) is 6.63. The van der Waals surface area contributed by atoms with Gasteiger partial charge in [0.05, 0.1) is 10.7 Å². The van der Waals surface area contributed by atoms with Crippen LogP contribution in [0.3, 0.4) is 0 Å². The van der Waals surface area contributed by atoms with Crippen LogP contribution in [0.5, 0.6) is 0 Å². The van der Waals surface area contributed by atoms with Crippen molar-refractivity contribution >= 4 is 22.5 Å². The average molecular weight is 235 g/mol. The minimum absolute atomic E-state index is 0.884. The lowest BCUT2D eigenvalue weighted by atomic mass is 10.1. The van der Waals surface area contributed by atoms with Crippen molar-refractivity contribution in [3.05, 3.63) is 34.5 Å². The van der Waals surface area contributed by atoms with Gasteiger partial charge >= 0.3 is 0 Å². The van der Waals surface area contributed by atoms with Crippen molar-refractivity contribution in [3.63, 3.8) is 0 Å². The summed E-state index contributed by atoms with van der Waals surface area (Å²) in [6.07, 6.45) is 1.06. The van der Waals surface area contributed by atoms with Crippen LogP contribution in [0, 0.1) is 0 Å². The van der Waals surface area contributed by atoms with Crippen LogP contribution in [0.4, 0.5) is 0 Å². The van der Waals surface area contributed by atoms with E-state index in [0.717, 1.165) is 31.1 Å². The summed E-state index contributed by atoms with van der Waals surface area (Å²) in [7, 11) is 0. The third-order valence-corrected chi connectivity index (χ3v) is 3.80. The Labute approximate surface area is 100 Å². The summed E-state index contributed by atoms with van der Waals surface area (Å²) in [4.78, 5) is 0. The molecule has 1 aliphatic heterocycles. The molecule has 0 bridgehead atoms. The molecule has 0 radical (unpaired) electrons. The van der Waals surface area contributed by atoms with E-state index < -0.39 is 0 Å². The van der Waals surface area contributed by atoms with Gasteiger partial charge in [-0.1, -0.05) is 24.6 Å². The molecule has 2 heterocycles. The Morgan fingerprint density at radius 3 is 3.12 bits per heavy atom. The summed E-state index contributed by atoms with van der Waals surface area (Å²) in [5, 5.41) is 5.50. The van der Waals surface area contributed by atoms with Gasteiger partial charge in [0.25, 0.3) is 0 Å². The molecule has 0 amide bonds. The van der Waals surface area contributed by atoms with Gasteiger partial charge < -0.3 is 9.88 Å². The third-order valence-electron chi connectivity index (χ3n) is 3.38. The van der Waals surface area contributed by atoms with E-state index in [4.69, 9.17) is 11.6 Å². The Morgan fingerprint density at radius 2 is 2.31 bits per heavy atom. The van der Waals surface area contributed by atoms with Gasteiger partial charge in [0.1, 0.15) is 0 Å². The molecule has 84 valence electrons. The number of nitrogens with one attached hydrogen (secondary N) is 1. The van der Waals surface area contributed by atoms with E-state index in [9.17, 15) is 0 Å². The van der Waals surface area contributed by atoms with Crippen molar-refractivity contribution in [3.8, 4) is 0 Å². The van der Waals surface area contributed by atoms with Crippen LogP contribution in [0.15, 0.2) is 18.2 Å². The fourth-order valence-corrected chi connectivity index (χ4v) is 2.78. The number of rotatable bonds is 1. The van der Waals surface area contributed by atoms with Crippen LogP contribution in [-0.2, 0) is 19.5 Å². The van der Waals surface area contributed by atoms with E-state index in [-0.39, 0.29) is 0 Å². The quantitative estimate of drug-likeness (QED) is 0.803. The molecule has 2 aromatic rings. The van der Waals surface area contributed by atoms with Gasteiger partial charge in [-0.2, -0.15) is 0 Å². The number of halogens is 1.